The quantitative estimate of drug-likeness (QED) is 0.0413. The number of aliphatic hydroxyl groups is 3. The molecule has 2 saturated heterocycles. The number of ketones is 3. The monoisotopic (exact) mass is 1280 g/mol. The molecule has 2 bridgehead atoms. The van der Waals surface area contributed by atoms with Gasteiger partial charge < -0.3 is 79.1 Å². The van der Waals surface area contributed by atoms with Crippen molar-refractivity contribution in [1.82, 2.24) is 37.2 Å². The van der Waals surface area contributed by atoms with Crippen LogP contribution in [0.1, 0.15) is 116 Å². The summed E-state index contributed by atoms with van der Waals surface area (Å²) in [6.07, 6.45) is -3.97. The van der Waals surface area contributed by atoms with Gasteiger partial charge in [0.25, 0.3) is 5.91 Å². The van der Waals surface area contributed by atoms with E-state index < -0.39 is 203 Å². The number of allylic oxidation sites excluding steroid dienone is 1. The van der Waals surface area contributed by atoms with E-state index in [0.717, 1.165) is 6.08 Å². The summed E-state index contributed by atoms with van der Waals surface area (Å²) in [5, 5.41) is 75.2. The van der Waals surface area contributed by atoms with Gasteiger partial charge in [-0.25, -0.2) is 0 Å². The molecule has 3 fully saturated rings. The number of aliphatic hydroxyl groups excluding tert-OH is 3. The summed E-state index contributed by atoms with van der Waals surface area (Å²) in [6.45, 7) is 4.87. The van der Waals surface area contributed by atoms with Crippen LogP contribution < -0.4 is 53.6 Å². The smallest absolute Gasteiger partial charge is 0.303 e. The number of amides is 8. The topological polar surface area (TPSA) is 457 Å². The second-order valence-corrected chi connectivity index (χ2v) is 24.8. The van der Waals surface area contributed by atoms with E-state index in [2.05, 4.69) is 63.8 Å². The molecule has 6 unspecified atom stereocenters. The van der Waals surface area contributed by atoms with E-state index >= 15 is 4.21 Å². The first-order valence-electron chi connectivity index (χ1n) is 28.4. The zero-order valence-corrected chi connectivity index (χ0v) is 50.1. The van der Waals surface area contributed by atoms with Crippen molar-refractivity contribution >= 4 is 109 Å². The first-order chi connectivity index (χ1) is 40.1. The number of benzene rings is 1. The summed E-state index contributed by atoms with van der Waals surface area (Å²) >= 11 is 3.04. The number of nitrogens with one attached hydrogen (secondary N) is 9. The molecule has 4 aliphatic rings. The number of fused-ring (bicyclic) bond motifs is 5. The van der Waals surface area contributed by atoms with Crippen LogP contribution in [0.15, 0.2) is 22.7 Å². The zero-order valence-electron chi connectivity index (χ0n) is 47.7. The molecule has 5 rings (SSSR count). The lowest BCUT2D eigenvalue weighted by Gasteiger charge is -2.32. The van der Waals surface area contributed by atoms with Gasteiger partial charge in [0.05, 0.1) is 59.3 Å². The number of aliphatic carboxylic acids is 1. The van der Waals surface area contributed by atoms with Crippen LogP contribution in [0.3, 0.4) is 0 Å². The third-order valence-electron chi connectivity index (χ3n) is 15.8. The highest BCUT2D eigenvalue weighted by Crippen LogP contribution is 2.45. The largest absolute Gasteiger partial charge is 0.506 e. The summed E-state index contributed by atoms with van der Waals surface area (Å²) in [5.74, 6) is -18.4. The molecule has 8 amide bonds. The molecule has 3 heterocycles. The standard InChI is InChI=1S/C55H79BrN10O18S/c1-5-25(2)47-53(82)60-22-45(75)63-39-24-85(84)55-34(31-18-37(41(71)20-36(31)65-55)62-44(74)10-7-6-9-29(68)17-35(56)51(80)58-12-8-11-46(76)77)19-38(52(81)59-21-26(3)61-47)64-54(83)48(27(4)42(72)23-67)66-50(79)33-16-30(69)15-32(33)49(78)28(13-40(39)70)14-43(57)73/h17-18,20,25-28,30,32-34,38-39,42,47-48,55,61,65,67,69,71-72H,5-16,19,21-24H2,1-4H3,(H2,57,73)(H,58,80)(H,59,81)(H,60,82)(H,62,74)(H,63,75)(H,64,83)(H,66,79)(H,76,77)/b35-17+/t25-,26?,27?,28-,30-,32?,33+,34?,38-,39-,42-,47-,48-,55?,85?/m0/s1. The van der Waals surface area contributed by atoms with Crippen LogP contribution in [0.5, 0.6) is 5.75 Å². The van der Waals surface area contributed by atoms with Gasteiger partial charge in [-0.3, -0.25) is 61.7 Å². The van der Waals surface area contributed by atoms with Gasteiger partial charge in [0.2, 0.25) is 41.4 Å². The number of carboxylic acid groups (broad SMARTS) is 1. The summed E-state index contributed by atoms with van der Waals surface area (Å²) in [4.78, 5) is 163. The SMILES string of the molecule is CC[C@H](C)[C@@H]1NC(C)CNC(=O)[C@@H]2CC3c4cc(NC(=O)CCCCC(=O)/C=C(/Br)C(=O)NCCCC(=O)O)c(O)cc4NC3S(=O)C[C@H](NC(=O)CNC1=O)C(=O)C[C@@H](CC(N)=O)C(=O)C1C[C@H](O)C[C@H]1C(=O)N[C@@H](C(C)[C@@H](O)CO)C(=O)N2. The van der Waals surface area contributed by atoms with E-state index in [0.29, 0.717) is 6.42 Å². The normalized spacial score (nSPS) is 28.5. The fourth-order valence-electron chi connectivity index (χ4n) is 10.8. The Morgan fingerprint density at radius 1 is 0.847 bits per heavy atom. The van der Waals surface area contributed by atoms with E-state index in [4.69, 9.17) is 10.8 Å². The number of carboxylic acids is 1. The lowest BCUT2D eigenvalue weighted by Crippen LogP contribution is -2.60. The van der Waals surface area contributed by atoms with Gasteiger partial charge in [0.1, 0.15) is 29.0 Å². The average Bonchev–Trinajstić information content (AvgIpc) is 3.82. The minimum atomic E-state index is -2.36. The van der Waals surface area contributed by atoms with Crippen molar-refractivity contribution in [1.29, 1.82) is 0 Å². The molecule has 1 saturated carbocycles. The van der Waals surface area contributed by atoms with Crippen molar-refractivity contribution in [3.8, 4) is 5.75 Å². The van der Waals surface area contributed by atoms with Gasteiger partial charge in [-0.1, -0.05) is 27.2 Å². The molecule has 1 aromatic carbocycles. The Hall–Kier alpha value is -6.73. The number of Topliss-reactive ketones (excluding diaryl/α,β-unsaturated/α-hetero) is 2. The van der Waals surface area contributed by atoms with Gasteiger partial charge >= 0.3 is 5.97 Å². The Morgan fingerprint density at radius 2 is 1.54 bits per heavy atom. The molecule has 0 aromatic heterocycles. The summed E-state index contributed by atoms with van der Waals surface area (Å²) < 4.78 is 15.1. The molecule has 0 spiro atoms. The molecule has 28 nitrogen and oxygen atoms in total. The number of hydrogen-bond acceptors (Lipinski definition) is 19. The predicted molar refractivity (Wildman–Crippen MR) is 309 cm³/mol. The number of hydrogen-bond donors (Lipinski definition) is 15. The maximum atomic E-state index is 15.2. The minimum absolute atomic E-state index is 0.0661. The van der Waals surface area contributed by atoms with Crippen LogP contribution in [-0.4, -0.2) is 180 Å². The minimum Gasteiger partial charge on any atom is -0.506 e. The fraction of sp³-hybridized carbons (Fsp3) is 0.636. The van der Waals surface area contributed by atoms with Crippen molar-refractivity contribution < 1.29 is 87.3 Å². The van der Waals surface area contributed by atoms with Gasteiger partial charge in [-0.2, -0.15) is 0 Å². The molecule has 470 valence electrons. The molecular weight excluding hydrogens is 1200 g/mol. The van der Waals surface area contributed by atoms with Crippen LogP contribution in [0, 0.1) is 29.6 Å². The second-order valence-electron chi connectivity index (χ2n) is 22.3. The number of primary amides is 1. The van der Waals surface area contributed by atoms with Crippen LogP contribution in [0.25, 0.3) is 0 Å². The highest BCUT2D eigenvalue weighted by atomic mass is 79.9. The summed E-state index contributed by atoms with van der Waals surface area (Å²) in [7, 11) is -2.36. The van der Waals surface area contributed by atoms with Gasteiger partial charge in [0.15, 0.2) is 11.6 Å². The number of phenols is 1. The molecule has 0 radical (unpaired) electrons. The maximum Gasteiger partial charge on any atom is 0.303 e. The van der Waals surface area contributed by atoms with Crippen LogP contribution in [0.2, 0.25) is 0 Å². The summed E-state index contributed by atoms with van der Waals surface area (Å²) in [5.41, 5.74) is 5.78. The van der Waals surface area contributed by atoms with Crippen molar-refractivity contribution in [3.05, 3.63) is 28.3 Å². The number of anilines is 2. The zero-order chi connectivity index (χ0) is 63.0. The fourth-order valence-corrected chi connectivity index (χ4v) is 12.9. The van der Waals surface area contributed by atoms with Gasteiger partial charge in [0, 0.05) is 104 Å². The molecule has 16 N–H and O–H groups in total. The third-order valence-corrected chi connectivity index (χ3v) is 18.1. The van der Waals surface area contributed by atoms with Gasteiger partial charge in [-0.15, -0.1) is 0 Å². The molecule has 3 aliphatic heterocycles. The molecule has 85 heavy (non-hydrogen) atoms. The number of carbonyl (C=O) groups excluding carboxylic acids is 11. The van der Waals surface area contributed by atoms with Crippen LogP contribution in [-0.2, 0) is 68.3 Å². The number of nitrogens with two attached hydrogens (primary N) is 1. The van der Waals surface area contributed by atoms with E-state index in [1.165, 1.54) is 19.1 Å². The molecule has 15 atom stereocenters. The highest BCUT2D eigenvalue weighted by molar-refractivity contribution is 9.12. The van der Waals surface area contributed by atoms with Gasteiger partial charge in [-0.05, 0) is 78.9 Å². The Kier molecular flexibility index (Phi) is 26.1. The Balaban J connectivity index is 1.58. The number of halogens is 1. The van der Waals surface area contributed by atoms with E-state index in [-0.39, 0.29) is 91.8 Å². The lowest BCUT2D eigenvalue weighted by atomic mass is 9.80. The first-order valence-corrected chi connectivity index (χ1v) is 30.5. The molecule has 1 aromatic rings. The van der Waals surface area contributed by atoms with Crippen molar-refractivity contribution in [2.24, 2.45) is 35.3 Å². The van der Waals surface area contributed by atoms with E-state index in [1.54, 1.807) is 13.8 Å². The molecular formula is C55H79BrN10O18S. The second kappa shape index (κ2) is 32.1. The number of rotatable bonds is 19. The Labute approximate surface area is 501 Å². The van der Waals surface area contributed by atoms with Crippen LogP contribution in [0.4, 0.5) is 11.4 Å². The van der Waals surface area contributed by atoms with E-state index in [1.807, 2.05) is 6.92 Å². The van der Waals surface area contributed by atoms with Crippen molar-refractivity contribution in [2.75, 3.05) is 42.6 Å². The summed E-state index contributed by atoms with van der Waals surface area (Å²) in [6, 6.07) is -4.23. The van der Waals surface area contributed by atoms with Crippen LogP contribution >= 0.6 is 15.9 Å². The third kappa shape index (κ3) is 19.6. The number of unbranched alkanes of at least 4 members (excludes halogenated alkanes) is 1. The predicted octanol–water partition coefficient (Wildman–Crippen LogP) is -1.80. The number of aromatic hydroxyl groups is 1. The lowest BCUT2D eigenvalue weighted by molar-refractivity contribution is -0.140. The number of phenolic OH excluding ortho intramolecular Hbond substituents is 1. The molecule has 1 aliphatic carbocycles. The average molecular weight is 1280 g/mol. The molecule has 30 heteroatoms. The Bertz CT molecular complexity index is 2770. The van der Waals surface area contributed by atoms with E-state index in [9.17, 15) is 78.0 Å². The Morgan fingerprint density at radius 3 is 2.21 bits per heavy atom. The highest BCUT2D eigenvalue weighted by Gasteiger charge is 2.48. The van der Waals surface area contributed by atoms with Crippen molar-refractivity contribution in [2.45, 2.75) is 158 Å². The first kappa shape index (κ1) is 69.0. The number of carbonyl (C=O) groups is 12. The van der Waals surface area contributed by atoms with Crippen molar-refractivity contribution in [3.63, 3.8) is 0 Å². The maximum absolute atomic E-state index is 15.2.